The zero-order chi connectivity index (χ0) is 23.5. The molecule has 0 fully saturated rings. The Bertz CT molecular complexity index is 937. The van der Waals surface area contributed by atoms with Gasteiger partial charge in [-0.3, -0.25) is 19.2 Å². The van der Waals surface area contributed by atoms with Crippen LogP contribution in [0.4, 0.5) is 5.69 Å². The first-order chi connectivity index (χ1) is 14.4. The van der Waals surface area contributed by atoms with E-state index in [0.29, 0.717) is 5.69 Å². The van der Waals surface area contributed by atoms with Gasteiger partial charge in [0.1, 0.15) is 17.8 Å². The standard InChI is InChI=1S/C19H23N3O8/c1-9-4-6-13-12(8-9)22-18(29)19(3,30-13)17(28)20-10(2)15(25)21-11(16(26)27)5-7-14(23)24/h4,6,8,10-11H,5,7H2,1-3H3,(H,20,28)(H,21,25)(H,22,29)(H,23,24)(H,26,27)/t10-,11-,19?/m0/s1/i/hD. The van der Waals surface area contributed by atoms with E-state index in [9.17, 15) is 24.0 Å². The molecule has 11 heteroatoms. The van der Waals surface area contributed by atoms with E-state index >= 15 is 0 Å². The van der Waals surface area contributed by atoms with Crippen LogP contribution in [0.2, 0.25) is 1.41 Å². The van der Waals surface area contributed by atoms with E-state index in [2.05, 4.69) is 10.6 Å². The van der Waals surface area contributed by atoms with Crippen LogP contribution in [0.5, 0.6) is 5.75 Å². The molecule has 1 aliphatic rings. The van der Waals surface area contributed by atoms with Gasteiger partial charge < -0.3 is 30.9 Å². The number of hydrogen-bond acceptors (Lipinski definition) is 6. The second kappa shape index (κ2) is 8.80. The third kappa shape index (κ3) is 5.04. The van der Waals surface area contributed by atoms with Crippen molar-refractivity contribution in [2.75, 3.05) is 5.32 Å². The fourth-order valence-corrected chi connectivity index (χ4v) is 2.65. The minimum Gasteiger partial charge on any atom is -0.481 e. The number of carboxylic acid groups (broad SMARTS) is 2. The molecular weight excluding hydrogens is 398 g/mol. The van der Waals surface area contributed by atoms with E-state index in [1.807, 2.05) is 0 Å². The van der Waals surface area contributed by atoms with Crippen molar-refractivity contribution in [3.05, 3.63) is 23.8 Å². The summed E-state index contributed by atoms with van der Waals surface area (Å²) in [4.78, 5) is 59.7. The van der Waals surface area contributed by atoms with Crippen molar-refractivity contribution in [2.45, 2.75) is 51.3 Å². The third-order valence-electron chi connectivity index (χ3n) is 4.49. The number of nitrogens with one attached hydrogen (secondary N) is 3. The number of rotatable bonds is 8. The van der Waals surface area contributed by atoms with Crippen LogP contribution >= 0.6 is 0 Å². The monoisotopic (exact) mass is 422 g/mol. The van der Waals surface area contributed by atoms with Gasteiger partial charge in [-0.05, 0) is 44.9 Å². The SMILES string of the molecule is [2H]N(C(=O)C1(C)Oc2ccc(C)cc2NC1=O)[C@@H](C)C(=O)N[C@@H](CCC(=O)O)C(=O)O. The van der Waals surface area contributed by atoms with Crippen molar-refractivity contribution in [1.29, 1.82) is 0 Å². The molecule has 0 aliphatic carbocycles. The number of ether oxygens (including phenoxy) is 1. The Morgan fingerprint density at radius 1 is 1.30 bits per heavy atom. The van der Waals surface area contributed by atoms with E-state index in [1.165, 1.54) is 0 Å². The molecular formula is C19H23N3O8. The van der Waals surface area contributed by atoms with Gasteiger partial charge in [0.25, 0.3) is 17.4 Å². The van der Waals surface area contributed by atoms with Crippen LogP contribution in [0.3, 0.4) is 0 Å². The summed E-state index contributed by atoms with van der Waals surface area (Å²) in [5.74, 6) is -5.46. The largest absolute Gasteiger partial charge is 0.481 e. The molecule has 30 heavy (non-hydrogen) atoms. The first-order valence-corrected chi connectivity index (χ1v) is 9.05. The fourth-order valence-electron chi connectivity index (χ4n) is 2.65. The molecule has 1 aromatic rings. The average Bonchev–Trinajstić information content (AvgIpc) is 2.69. The number of amides is 3. The zero-order valence-corrected chi connectivity index (χ0v) is 16.6. The minimum absolute atomic E-state index is 0.214. The molecule has 3 atom stereocenters. The van der Waals surface area contributed by atoms with E-state index in [1.54, 1.807) is 25.1 Å². The van der Waals surface area contributed by atoms with Gasteiger partial charge >= 0.3 is 11.9 Å². The normalized spacial score (nSPS) is 19.8. The smallest absolute Gasteiger partial charge is 0.326 e. The molecule has 1 unspecified atom stereocenters. The molecule has 0 saturated carbocycles. The molecule has 1 heterocycles. The fraction of sp³-hybridized carbons (Fsp3) is 0.421. The average molecular weight is 422 g/mol. The van der Waals surface area contributed by atoms with Crippen LogP contribution in [0.15, 0.2) is 18.2 Å². The van der Waals surface area contributed by atoms with Gasteiger partial charge in [-0.25, -0.2) is 4.79 Å². The number of fused-ring (bicyclic) bond motifs is 1. The van der Waals surface area contributed by atoms with Crippen molar-refractivity contribution in [2.24, 2.45) is 0 Å². The topological polar surface area (TPSA) is 171 Å². The highest BCUT2D eigenvalue weighted by atomic mass is 16.5. The number of carboxylic acids is 2. The predicted molar refractivity (Wildman–Crippen MR) is 103 cm³/mol. The maximum atomic E-state index is 12.9. The summed E-state index contributed by atoms with van der Waals surface area (Å²) in [5.41, 5.74) is -0.921. The first-order valence-electron chi connectivity index (χ1n) is 9.50. The predicted octanol–water partition coefficient (Wildman–Crippen LogP) is 0.0235. The highest BCUT2D eigenvalue weighted by molar-refractivity contribution is 6.16. The lowest BCUT2D eigenvalue weighted by Crippen LogP contribution is -2.61. The van der Waals surface area contributed by atoms with E-state index in [-0.39, 0.29) is 17.5 Å². The van der Waals surface area contributed by atoms with E-state index in [0.717, 1.165) is 19.4 Å². The van der Waals surface area contributed by atoms with E-state index < -0.39 is 53.8 Å². The molecule has 2 rings (SSSR count). The summed E-state index contributed by atoms with van der Waals surface area (Å²) in [6.45, 7) is 4.13. The van der Waals surface area contributed by atoms with Crippen LogP contribution < -0.4 is 20.7 Å². The molecule has 0 aromatic heterocycles. The molecule has 162 valence electrons. The maximum absolute atomic E-state index is 12.9. The highest BCUT2D eigenvalue weighted by Crippen LogP contribution is 2.34. The number of aliphatic carboxylic acids is 2. The Morgan fingerprint density at radius 3 is 2.57 bits per heavy atom. The van der Waals surface area contributed by atoms with Crippen LogP contribution in [-0.2, 0) is 24.0 Å². The number of aryl methyl sites for hydroxylation is 1. The number of carbonyl (C=O) groups excluding carboxylic acids is 3. The lowest BCUT2D eigenvalue weighted by Gasteiger charge is -2.34. The molecule has 0 spiro atoms. The lowest BCUT2D eigenvalue weighted by molar-refractivity contribution is -0.148. The number of anilines is 1. The van der Waals surface area contributed by atoms with Gasteiger partial charge in [0.15, 0.2) is 1.41 Å². The van der Waals surface area contributed by atoms with Gasteiger partial charge in [-0.1, -0.05) is 6.07 Å². The van der Waals surface area contributed by atoms with Crippen molar-refractivity contribution in [1.82, 2.24) is 10.6 Å². The van der Waals surface area contributed by atoms with Crippen molar-refractivity contribution < 1.29 is 40.3 Å². The molecule has 3 amide bonds. The molecule has 1 aromatic carbocycles. The zero-order valence-electron chi connectivity index (χ0n) is 17.6. The summed E-state index contributed by atoms with van der Waals surface area (Å²) >= 11 is 0. The van der Waals surface area contributed by atoms with Gasteiger partial charge in [-0.2, -0.15) is 0 Å². The van der Waals surface area contributed by atoms with Gasteiger partial charge in [-0.15, -0.1) is 0 Å². The Kier molecular flexibility index (Phi) is 6.19. The minimum atomic E-state index is -2.13. The molecule has 1 aliphatic heterocycles. The van der Waals surface area contributed by atoms with Crippen LogP contribution in [0, 0.1) is 6.92 Å². The Labute approximate surface area is 173 Å². The summed E-state index contributed by atoms with van der Waals surface area (Å²) in [6.07, 6.45) is -0.880. The summed E-state index contributed by atoms with van der Waals surface area (Å²) in [5, 5.41) is 22.7. The maximum Gasteiger partial charge on any atom is 0.326 e. The first kappa shape index (κ1) is 21.1. The highest BCUT2D eigenvalue weighted by Gasteiger charge is 2.48. The third-order valence-corrected chi connectivity index (χ3v) is 4.49. The van der Waals surface area contributed by atoms with Crippen molar-refractivity contribution >= 4 is 35.3 Å². The number of hydrogen-bond donors (Lipinski definition) is 5. The summed E-state index contributed by atoms with van der Waals surface area (Å²) in [6, 6.07) is 1.90. The number of benzene rings is 1. The Balaban J connectivity index is 2.14. The second-order valence-electron chi connectivity index (χ2n) is 7.03. The molecule has 0 radical (unpaired) electrons. The van der Waals surface area contributed by atoms with Crippen LogP contribution in [0.1, 0.15) is 32.3 Å². The van der Waals surface area contributed by atoms with Gasteiger partial charge in [0.2, 0.25) is 5.91 Å². The summed E-state index contributed by atoms with van der Waals surface area (Å²) < 4.78 is 13.6. The molecule has 0 saturated heterocycles. The Morgan fingerprint density at radius 2 is 1.97 bits per heavy atom. The van der Waals surface area contributed by atoms with Crippen molar-refractivity contribution in [3.63, 3.8) is 0 Å². The lowest BCUT2D eigenvalue weighted by atomic mass is 10.0. The van der Waals surface area contributed by atoms with Gasteiger partial charge in [0, 0.05) is 6.42 Å². The second-order valence-corrected chi connectivity index (χ2v) is 7.03. The molecule has 5 N–H and O–H groups in total. The number of carbonyl (C=O) groups is 5. The quantitative estimate of drug-likeness (QED) is 0.365. The van der Waals surface area contributed by atoms with Gasteiger partial charge in [0.05, 0.1) is 5.69 Å². The van der Waals surface area contributed by atoms with Crippen LogP contribution in [-0.4, -0.2) is 57.6 Å². The Hall–Kier alpha value is -3.63. The van der Waals surface area contributed by atoms with Crippen LogP contribution in [0.25, 0.3) is 0 Å². The molecule has 0 bridgehead atoms. The summed E-state index contributed by atoms with van der Waals surface area (Å²) in [7, 11) is 0. The van der Waals surface area contributed by atoms with Crippen molar-refractivity contribution in [3.8, 4) is 5.75 Å². The molecule has 11 nitrogen and oxygen atoms in total. The van der Waals surface area contributed by atoms with E-state index in [4.69, 9.17) is 16.4 Å².